The number of rotatable bonds is 1. The molecule has 72 valence electrons. The Balaban J connectivity index is 1.97. The normalized spacial score (nSPS) is 24.8. The summed E-state index contributed by atoms with van der Waals surface area (Å²) in [5.41, 5.74) is 1.63. The van der Waals surface area contributed by atoms with Gasteiger partial charge in [-0.3, -0.25) is 0 Å². The van der Waals surface area contributed by atoms with Crippen LogP contribution in [0.15, 0.2) is 23.9 Å². The lowest BCUT2D eigenvalue weighted by Gasteiger charge is -2.20. The van der Waals surface area contributed by atoms with E-state index in [-0.39, 0.29) is 0 Å². The second-order valence-corrected chi connectivity index (χ2v) is 4.17. The summed E-state index contributed by atoms with van der Waals surface area (Å²) in [6.45, 7) is 1.08. The van der Waals surface area contributed by atoms with Crippen LogP contribution in [0.5, 0.6) is 0 Å². The maximum absolute atomic E-state index is 3.30. The zero-order valence-electron chi connectivity index (χ0n) is 8.26. The van der Waals surface area contributed by atoms with Gasteiger partial charge in [0.25, 0.3) is 0 Å². The van der Waals surface area contributed by atoms with Gasteiger partial charge in [-0.05, 0) is 36.6 Å². The third kappa shape index (κ3) is 2.36. The van der Waals surface area contributed by atoms with Crippen molar-refractivity contribution in [2.24, 2.45) is 5.92 Å². The first-order valence-electron chi connectivity index (χ1n) is 5.56. The molecular weight excluding hydrogens is 158 g/mol. The van der Waals surface area contributed by atoms with Gasteiger partial charge in [0.05, 0.1) is 0 Å². The quantitative estimate of drug-likeness (QED) is 0.607. The van der Waals surface area contributed by atoms with E-state index in [4.69, 9.17) is 0 Å². The summed E-state index contributed by atoms with van der Waals surface area (Å²) in [6.07, 6.45) is 15.1. The molecule has 0 amide bonds. The average molecular weight is 177 g/mol. The molecule has 1 heteroatoms. The van der Waals surface area contributed by atoms with Gasteiger partial charge in [0.15, 0.2) is 0 Å². The first-order valence-corrected chi connectivity index (χ1v) is 5.56. The number of nitrogens with one attached hydrogen (secondary N) is 1. The first-order chi connectivity index (χ1) is 6.47. The van der Waals surface area contributed by atoms with Gasteiger partial charge >= 0.3 is 0 Å². The van der Waals surface area contributed by atoms with Crippen molar-refractivity contribution in [1.82, 2.24) is 5.32 Å². The highest BCUT2D eigenvalue weighted by molar-refractivity contribution is 5.20. The maximum atomic E-state index is 3.30. The standard InChI is InChI=1S/C12H19N/c1-2-4-7-11(6-3-1)12-8-5-9-13-10-12/h5,8-9,11,13H,1-4,6-7,10H2. The maximum Gasteiger partial charge on any atom is 0.0360 e. The average Bonchev–Trinajstić information content (AvgIpc) is 2.47. The summed E-state index contributed by atoms with van der Waals surface area (Å²) in [4.78, 5) is 0. The van der Waals surface area contributed by atoms with Crippen LogP contribution in [-0.2, 0) is 0 Å². The van der Waals surface area contributed by atoms with E-state index < -0.39 is 0 Å². The van der Waals surface area contributed by atoms with E-state index in [0.717, 1.165) is 12.5 Å². The van der Waals surface area contributed by atoms with E-state index in [1.165, 1.54) is 38.5 Å². The molecule has 0 unspecified atom stereocenters. The fraction of sp³-hybridized carbons (Fsp3) is 0.667. The summed E-state index contributed by atoms with van der Waals surface area (Å²) in [5.74, 6) is 0.875. The van der Waals surface area contributed by atoms with E-state index in [2.05, 4.69) is 17.5 Å². The van der Waals surface area contributed by atoms with Gasteiger partial charge < -0.3 is 5.32 Å². The number of dihydropyridines is 1. The van der Waals surface area contributed by atoms with Crippen molar-refractivity contribution in [3.63, 3.8) is 0 Å². The van der Waals surface area contributed by atoms with Crippen LogP contribution in [0.3, 0.4) is 0 Å². The van der Waals surface area contributed by atoms with Gasteiger partial charge in [-0.15, -0.1) is 0 Å². The Morgan fingerprint density at radius 1 is 1.08 bits per heavy atom. The third-order valence-corrected chi connectivity index (χ3v) is 3.21. The second kappa shape index (κ2) is 4.50. The molecule has 1 heterocycles. The predicted octanol–water partition coefficient (Wildman–Crippen LogP) is 3.00. The lowest BCUT2D eigenvalue weighted by Crippen LogP contribution is -2.18. The minimum Gasteiger partial charge on any atom is -0.387 e. The molecule has 0 saturated heterocycles. The number of hydrogen-bond donors (Lipinski definition) is 1. The molecule has 13 heavy (non-hydrogen) atoms. The van der Waals surface area contributed by atoms with Gasteiger partial charge in [-0.2, -0.15) is 0 Å². The zero-order chi connectivity index (χ0) is 8.93. The van der Waals surface area contributed by atoms with Crippen molar-refractivity contribution >= 4 is 0 Å². The number of hydrogen-bond acceptors (Lipinski definition) is 1. The third-order valence-electron chi connectivity index (χ3n) is 3.21. The van der Waals surface area contributed by atoms with Crippen LogP contribution in [0.1, 0.15) is 38.5 Å². The van der Waals surface area contributed by atoms with Gasteiger partial charge in [0.1, 0.15) is 0 Å². The van der Waals surface area contributed by atoms with E-state index in [1.54, 1.807) is 5.57 Å². The Kier molecular flexibility index (Phi) is 3.07. The fourth-order valence-electron chi connectivity index (χ4n) is 2.41. The largest absolute Gasteiger partial charge is 0.387 e. The molecule has 0 atom stereocenters. The Bertz CT molecular complexity index is 207. The Hall–Kier alpha value is -0.720. The van der Waals surface area contributed by atoms with Crippen molar-refractivity contribution in [3.05, 3.63) is 23.9 Å². The molecule has 0 aromatic heterocycles. The first kappa shape index (κ1) is 8.86. The van der Waals surface area contributed by atoms with Crippen LogP contribution in [-0.4, -0.2) is 6.54 Å². The van der Waals surface area contributed by atoms with Crippen molar-refractivity contribution < 1.29 is 0 Å². The molecule has 1 aliphatic heterocycles. The van der Waals surface area contributed by atoms with E-state index >= 15 is 0 Å². The van der Waals surface area contributed by atoms with Gasteiger partial charge in [-0.1, -0.05) is 31.8 Å². The van der Waals surface area contributed by atoms with Crippen LogP contribution in [0.2, 0.25) is 0 Å². The van der Waals surface area contributed by atoms with Crippen molar-refractivity contribution in [2.75, 3.05) is 6.54 Å². The molecule has 1 aliphatic carbocycles. The highest BCUT2D eigenvalue weighted by Gasteiger charge is 2.16. The second-order valence-electron chi connectivity index (χ2n) is 4.17. The smallest absolute Gasteiger partial charge is 0.0360 e. The predicted molar refractivity (Wildman–Crippen MR) is 56.4 cm³/mol. The summed E-state index contributed by atoms with van der Waals surface area (Å²) in [7, 11) is 0. The van der Waals surface area contributed by atoms with E-state index in [9.17, 15) is 0 Å². The van der Waals surface area contributed by atoms with Crippen LogP contribution in [0.25, 0.3) is 0 Å². The molecule has 1 nitrogen and oxygen atoms in total. The van der Waals surface area contributed by atoms with E-state index in [1.807, 2.05) is 6.20 Å². The summed E-state index contributed by atoms with van der Waals surface area (Å²) >= 11 is 0. The lowest BCUT2D eigenvalue weighted by atomic mass is 9.90. The molecule has 2 rings (SSSR count). The summed E-state index contributed by atoms with van der Waals surface area (Å²) in [6, 6.07) is 0. The highest BCUT2D eigenvalue weighted by atomic mass is 14.8. The summed E-state index contributed by atoms with van der Waals surface area (Å²) < 4.78 is 0. The summed E-state index contributed by atoms with van der Waals surface area (Å²) in [5, 5.41) is 3.30. The van der Waals surface area contributed by atoms with Gasteiger partial charge in [0.2, 0.25) is 0 Å². The molecule has 1 N–H and O–H groups in total. The minimum atomic E-state index is 0.875. The lowest BCUT2D eigenvalue weighted by molar-refractivity contribution is 0.515. The Labute approximate surface area is 80.9 Å². The highest BCUT2D eigenvalue weighted by Crippen LogP contribution is 2.28. The number of allylic oxidation sites excluding steroid dienone is 2. The molecule has 1 fully saturated rings. The molecular formula is C12H19N. The molecule has 0 bridgehead atoms. The molecule has 0 aromatic carbocycles. The van der Waals surface area contributed by atoms with Crippen molar-refractivity contribution in [1.29, 1.82) is 0 Å². The van der Waals surface area contributed by atoms with Crippen LogP contribution >= 0.6 is 0 Å². The molecule has 0 radical (unpaired) electrons. The Morgan fingerprint density at radius 2 is 1.85 bits per heavy atom. The van der Waals surface area contributed by atoms with Gasteiger partial charge in [0, 0.05) is 6.54 Å². The molecule has 0 spiro atoms. The molecule has 1 saturated carbocycles. The van der Waals surface area contributed by atoms with Crippen LogP contribution in [0, 0.1) is 5.92 Å². The Morgan fingerprint density at radius 3 is 2.46 bits per heavy atom. The van der Waals surface area contributed by atoms with Crippen molar-refractivity contribution in [3.8, 4) is 0 Å². The van der Waals surface area contributed by atoms with Crippen LogP contribution < -0.4 is 5.32 Å². The van der Waals surface area contributed by atoms with Gasteiger partial charge in [-0.25, -0.2) is 0 Å². The van der Waals surface area contributed by atoms with Crippen LogP contribution in [0.4, 0.5) is 0 Å². The zero-order valence-corrected chi connectivity index (χ0v) is 8.26. The monoisotopic (exact) mass is 177 g/mol. The SMILES string of the molecule is C1=CNCC(C2CCCCCC2)=C1. The van der Waals surface area contributed by atoms with Crippen molar-refractivity contribution in [2.45, 2.75) is 38.5 Å². The molecule has 2 aliphatic rings. The molecule has 0 aromatic rings. The fourth-order valence-corrected chi connectivity index (χ4v) is 2.41. The van der Waals surface area contributed by atoms with E-state index in [0.29, 0.717) is 0 Å². The minimum absolute atomic E-state index is 0.875. The topological polar surface area (TPSA) is 12.0 Å².